The molecule has 0 bridgehead atoms. The summed E-state index contributed by atoms with van der Waals surface area (Å²) in [6.07, 6.45) is 0. The monoisotopic (exact) mass is 240 g/mol. The predicted molar refractivity (Wildman–Crippen MR) is 67.5 cm³/mol. The van der Waals surface area contributed by atoms with E-state index < -0.39 is 0 Å². The largest absolute Gasteiger partial charge is 0.479 e. The molecule has 0 saturated carbocycles. The summed E-state index contributed by atoms with van der Waals surface area (Å²) in [5.74, 6) is 0.408. The number of hydrogen-bond acceptors (Lipinski definition) is 4. The molecule has 0 radical (unpaired) electrons. The highest BCUT2D eigenvalue weighted by molar-refractivity contribution is 8.23. The summed E-state index contributed by atoms with van der Waals surface area (Å²) in [6, 6.07) is 9.17. The molecule has 80 valence electrons. The van der Waals surface area contributed by atoms with Crippen LogP contribution in [-0.4, -0.2) is 22.5 Å². The highest BCUT2D eigenvalue weighted by atomic mass is 32.2. The number of thioether (sulfide) groups is 1. The van der Waals surface area contributed by atoms with E-state index in [1.165, 1.54) is 11.8 Å². The van der Waals surface area contributed by atoms with Crippen molar-refractivity contribution in [3.63, 3.8) is 0 Å². The Balaban J connectivity index is 2.40. The number of carbonyl (C=O) groups is 1. The summed E-state index contributed by atoms with van der Waals surface area (Å²) in [5, 5.41) is 0. The van der Waals surface area contributed by atoms with Gasteiger partial charge in [0.05, 0.1) is 12.4 Å². The maximum Gasteiger partial charge on any atom is 0.220 e. The van der Waals surface area contributed by atoms with Gasteiger partial charge in [0.25, 0.3) is 0 Å². The van der Waals surface area contributed by atoms with E-state index >= 15 is 0 Å². The Morgan fingerprint density at radius 1 is 1.40 bits per heavy atom. The third-order valence-electron chi connectivity index (χ3n) is 1.68. The van der Waals surface area contributed by atoms with Crippen molar-refractivity contribution in [2.45, 2.75) is 6.92 Å². The molecule has 2 nitrogen and oxygen atoms in total. The molecule has 0 unspecified atom stereocenters. The number of carbonyl (C=O) groups excluding carboxylic acids is 1. The summed E-state index contributed by atoms with van der Waals surface area (Å²) >= 11 is 6.17. The third kappa shape index (κ3) is 4.44. The van der Waals surface area contributed by atoms with Crippen LogP contribution in [0.1, 0.15) is 17.3 Å². The molecule has 0 amide bonds. The Hall–Kier alpha value is -0.870. The number of Topliss-reactive ketones (excluding diaryl/α,β-unsaturated/α-hetero) is 1. The molecule has 0 aliphatic heterocycles. The van der Waals surface area contributed by atoms with Crippen molar-refractivity contribution in [2.24, 2.45) is 0 Å². The van der Waals surface area contributed by atoms with Gasteiger partial charge in [-0.3, -0.25) is 4.79 Å². The molecule has 1 aromatic carbocycles. The molecular weight excluding hydrogens is 228 g/mol. The van der Waals surface area contributed by atoms with E-state index in [0.717, 1.165) is 0 Å². The van der Waals surface area contributed by atoms with Gasteiger partial charge in [0, 0.05) is 5.56 Å². The molecule has 0 spiro atoms. The normalized spacial score (nSPS) is 9.67. The summed E-state index contributed by atoms with van der Waals surface area (Å²) in [7, 11) is 0. The molecular formula is C11H12O2S2. The van der Waals surface area contributed by atoms with E-state index in [2.05, 4.69) is 0 Å². The Morgan fingerprint density at radius 3 is 2.67 bits per heavy atom. The minimum Gasteiger partial charge on any atom is -0.479 e. The first-order valence-electron chi connectivity index (χ1n) is 4.62. The fourth-order valence-corrected chi connectivity index (χ4v) is 1.90. The van der Waals surface area contributed by atoms with Gasteiger partial charge in [-0.1, -0.05) is 42.1 Å². The first-order chi connectivity index (χ1) is 7.24. The lowest BCUT2D eigenvalue weighted by atomic mass is 10.2. The zero-order chi connectivity index (χ0) is 11.1. The molecule has 1 rings (SSSR count). The first-order valence-corrected chi connectivity index (χ1v) is 6.01. The van der Waals surface area contributed by atoms with E-state index in [1.54, 1.807) is 12.1 Å². The van der Waals surface area contributed by atoms with E-state index in [1.807, 2.05) is 25.1 Å². The van der Waals surface area contributed by atoms with E-state index in [9.17, 15) is 4.79 Å². The van der Waals surface area contributed by atoms with Crippen molar-refractivity contribution in [1.82, 2.24) is 0 Å². The molecule has 0 aliphatic rings. The Kier molecular flexibility index (Phi) is 5.36. The van der Waals surface area contributed by atoms with Crippen LogP contribution in [0.15, 0.2) is 30.3 Å². The number of ketones is 1. The van der Waals surface area contributed by atoms with Crippen LogP contribution >= 0.6 is 24.0 Å². The van der Waals surface area contributed by atoms with Gasteiger partial charge < -0.3 is 4.74 Å². The maximum atomic E-state index is 11.6. The highest BCUT2D eigenvalue weighted by Crippen LogP contribution is 2.10. The molecule has 15 heavy (non-hydrogen) atoms. The zero-order valence-electron chi connectivity index (χ0n) is 8.43. The van der Waals surface area contributed by atoms with Gasteiger partial charge in [-0.15, -0.1) is 0 Å². The van der Waals surface area contributed by atoms with Gasteiger partial charge in [0.15, 0.2) is 5.78 Å². The van der Waals surface area contributed by atoms with Crippen molar-refractivity contribution in [3.05, 3.63) is 35.9 Å². The number of ether oxygens (including phenoxy) is 1. The number of thiocarbonyl (C=S) groups is 1. The van der Waals surface area contributed by atoms with Crippen LogP contribution in [0.2, 0.25) is 0 Å². The van der Waals surface area contributed by atoms with Crippen LogP contribution in [0.4, 0.5) is 0 Å². The molecule has 0 aliphatic carbocycles. The van der Waals surface area contributed by atoms with Crippen molar-refractivity contribution >= 4 is 34.1 Å². The summed E-state index contributed by atoms with van der Waals surface area (Å²) in [6.45, 7) is 2.41. The standard InChI is InChI=1S/C11H12O2S2/c1-2-13-11(14)15-8-10(12)9-6-4-3-5-7-9/h3-7H,2,8H2,1H3. The lowest BCUT2D eigenvalue weighted by Crippen LogP contribution is -2.05. The third-order valence-corrected chi connectivity index (χ3v) is 2.91. The van der Waals surface area contributed by atoms with Crippen molar-refractivity contribution in [2.75, 3.05) is 12.4 Å². The quantitative estimate of drug-likeness (QED) is 0.597. The van der Waals surface area contributed by atoms with Crippen molar-refractivity contribution < 1.29 is 9.53 Å². The minimum atomic E-state index is 0.0719. The molecule has 0 N–H and O–H groups in total. The second kappa shape index (κ2) is 6.58. The van der Waals surface area contributed by atoms with Crippen molar-refractivity contribution in [1.29, 1.82) is 0 Å². The molecule has 0 atom stereocenters. The molecule has 1 aromatic rings. The fourth-order valence-electron chi connectivity index (χ4n) is 0.991. The molecule has 0 heterocycles. The Bertz CT molecular complexity index is 336. The molecule has 4 heteroatoms. The van der Waals surface area contributed by atoms with Gasteiger partial charge in [-0.25, -0.2) is 0 Å². The number of benzene rings is 1. The second-order valence-electron chi connectivity index (χ2n) is 2.76. The lowest BCUT2D eigenvalue weighted by molar-refractivity contribution is 0.102. The van der Waals surface area contributed by atoms with Crippen molar-refractivity contribution in [3.8, 4) is 0 Å². The van der Waals surface area contributed by atoms with E-state index in [-0.39, 0.29) is 5.78 Å². The summed E-state index contributed by atoms with van der Waals surface area (Å²) in [4.78, 5) is 11.6. The smallest absolute Gasteiger partial charge is 0.220 e. The van der Waals surface area contributed by atoms with Gasteiger partial charge in [-0.05, 0) is 19.1 Å². The van der Waals surface area contributed by atoms with Crippen LogP contribution < -0.4 is 0 Å². The highest BCUT2D eigenvalue weighted by Gasteiger charge is 2.07. The first kappa shape index (κ1) is 12.2. The van der Waals surface area contributed by atoms with Gasteiger partial charge in [-0.2, -0.15) is 0 Å². The fraction of sp³-hybridized carbons (Fsp3) is 0.273. The average Bonchev–Trinajstić information content (AvgIpc) is 2.27. The summed E-state index contributed by atoms with van der Waals surface area (Å²) < 4.78 is 5.50. The zero-order valence-corrected chi connectivity index (χ0v) is 10.1. The Morgan fingerprint density at radius 2 is 2.07 bits per heavy atom. The summed E-state index contributed by atoms with van der Waals surface area (Å²) in [5.41, 5.74) is 0.712. The average molecular weight is 240 g/mol. The van der Waals surface area contributed by atoms with E-state index in [4.69, 9.17) is 17.0 Å². The predicted octanol–water partition coefficient (Wildman–Crippen LogP) is 2.92. The number of rotatable bonds is 4. The lowest BCUT2D eigenvalue weighted by Gasteiger charge is -2.03. The van der Waals surface area contributed by atoms with Crippen LogP contribution in [0.3, 0.4) is 0 Å². The van der Waals surface area contributed by atoms with Crippen LogP contribution in [0, 0.1) is 0 Å². The van der Waals surface area contributed by atoms with Crippen LogP contribution in [-0.2, 0) is 4.74 Å². The van der Waals surface area contributed by atoms with Gasteiger partial charge in [0.1, 0.15) is 0 Å². The number of hydrogen-bond donors (Lipinski definition) is 0. The molecule has 0 aromatic heterocycles. The Labute approximate surface area is 99.0 Å². The maximum absolute atomic E-state index is 11.6. The molecule has 0 fully saturated rings. The van der Waals surface area contributed by atoms with Crippen LogP contribution in [0.5, 0.6) is 0 Å². The topological polar surface area (TPSA) is 26.3 Å². The SMILES string of the molecule is CCOC(=S)SCC(=O)c1ccccc1. The second-order valence-corrected chi connectivity index (χ2v) is 4.34. The van der Waals surface area contributed by atoms with Gasteiger partial charge in [0.2, 0.25) is 4.38 Å². The minimum absolute atomic E-state index is 0.0719. The van der Waals surface area contributed by atoms with Gasteiger partial charge >= 0.3 is 0 Å². The van der Waals surface area contributed by atoms with Crippen LogP contribution in [0.25, 0.3) is 0 Å². The molecule has 0 saturated heterocycles. The van der Waals surface area contributed by atoms with E-state index in [0.29, 0.717) is 22.3 Å².